The topological polar surface area (TPSA) is 47.0 Å². The molecule has 0 radical (unpaired) electrons. The minimum absolute atomic E-state index is 0.439. The molecule has 0 spiro atoms. The van der Waals surface area contributed by atoms with Crippen LogP contribution in [-0.2, 0) is 13.0 Å². The number of nitrogens with one attached hydrogen (secondary N) is 1. The number of nitrogens with zero attached hydrogens (tertiary/aromatic N) is 2. The van der Waals surface area contributed by atoms with Gasteiger partial charge in [0.15, 0.2) is 0 Å². The van der Waals surface area contributed by atoms with Crippen molar-refractivity contribution in [3.63, 3.8) is 0 Å². The molecule has 1 fully saturated rings. The van der Waals surface area contributed by atoms with Gasteiger partial charge in [0.1, 0.15) is 0 Å². The fourth-order valence-electron chi connectivity index (χ4n) is 3.10. The minimum Gasteiger partial charge on any atom is -0.477 e. The van der Waals surface area contributed by atoms with Crippen molar-refractivity contribution in [2.24, 2.45) is 5.92 Å². The Bertz CT molecular complexity index is 681. The molecule has 1 unspecified atom stereocenters. The highest BCUT2D eigenvalue weighted by Crippen LogP contribution is 2.34. The molecule has 2 aliphatic carbocycles. The first-order valence-electron chi connectivity index (χ1n) is 8.55. The maximum Gasteiger partial charge on any atom is 0.213 e. The summed E-state index contributed by atoms with van der Waals surface area (Å²) in [5.74, 6) is 1.52. The van der Waals surface area contributed by atoms with E-state index in [1.54, 1.807) is 0 Å². The van der Waals surface area contributed by atoms with Gasteiger partial charge in [0.05, 0.1) is 17.3 Å². The van der Waals surface area contributed by atoms with E-state index in [2.05, 4.69) is 34.3 Å². The van der Waals surface area contributed by atoms with Crippen LogP contribution in [0.1, 0.15) is 52.9 Å². The largest absolute Gasteiger partial charge is 0.477 e. The summed E-state index contributed by atoms with van der Waals surface area (Å²) in [6, 6.07) is 4.57. The van der Waals surface area contributed by atoms with Gasteiger partial charge in [-0.3, -0.25) is 0 Å². The zero-order valence-corrected chi connectivity index (χ0v) is 14.4. The quantitative estimate of drug-likeness (QED) is 0.875. The van der Waals surface area contributed by atoms with E-state index in [-0.39, 0.29) is 0 Å². The monoisotopic (exact) mass is 329 g/mol. The third-order valence-corrected chi connectivity index (χ3v) is 5.70. The van der Waals surface area contributed by atoms with Gasteiger partial charge in [-0.25, -0.2) is 9.97 Å². The van der Waals surface area contributed by atoms with Crippen molar-refractivity contribution in [1.29, 1.82) is 0 Å². The number of hydrogen-bond donors (Lipinski definition) is 1. The van der Waals surface area contributed by atoms with Gasteiger partial charge in [0.25, 0.3) is 0 Å². The van der Waals surface area contributed by atoms with E-state index in [0.29, 0.717) is 6.04 Å². The van der Waals surface area contributed by atoms with Crippen molar-refractivity contribution in [2.75, 3.05) is 6.61 Å². The summed E-state index contributed by atoms with van der Waals surface area (Å²) in [5.41, 5.74) is 2.54. The second-order valence-corrected chi connectivity index (χ2v) is 7.86. The SMILES string of the molecule is Cc1nc2c(s1)C(NCc1ccnc(OCC3CC3)c1)CCC2. The van der Waals surface area contributed by atoms with Crippen LogP contribution in [0.4, 0.5) is 0 Å². The van der Waals surface area contributed by atoms with Crippen LogP contribution in [0.2, 0.25) is 0 Å². The maximum absolute atomic E-state index is 5.78. The lowest BCUT2D eigenvalue weighted by atomic mass is 9.98. The fourth-order valence-corrected chi connectivity index (χ4v) is 4.19. The first-order valence-corrected chi connectivity index (χ1v) is 9.37. The van der Waals surface area contributed by atoms with Gasteiger partial charge in [-0.2, -0.15) is 0 Å². The van der Waals surface area contributed by atoms with Crippen LogP contribution in [0.5, 0.6) is 5.88 Å². The zero-order chi connectivity index (χ0) is 15.6. The first-order chi connectivity index (χ1) is 11.3. The molecule has 2 aliphatic rings. The highest BCUT2D eigenvalue weighted by atomic mass is 32.1. The Morgan fingerprint density at radius 3 is 3.13 bits per heavy atom. The van der Waals surface area contributed by atoms with Crippen molar-refractivity contribution in [1.82, 2.24) is 15.3 Å². The second kappa shape index (κ2) is 6.57. The Labute approximate surface area is 141 Å². The van der Waals surface area contributed by atoms with Gasteiger partial charge in [0.2, 0.25) is 5.88 Å². The molecule has 2 heterocycles. The molecule has 0 aliphatic heterocycles. The number of ether oxygens (including phenoxy) is 1. The molecule has 0 amide bonds. The summed E-state index contributed by atoms with van der Waals surface area (Å²) in [7, 11) is 0. The van der Waals surface area contributed by atoms with Crippen molar-refractivity contribution in [3.05, 3.63) is 39.5 Å². The van der Waals surface area contributed by atoms with Crippen LogP contribution in [-0.4, -0.2) is 16.6 Å². The van der Waals surface area contributed by atoms with Crippen LogP contribution in [0.25, 0.3) is 0 Å². The Kier molecular flexibility index (Phi) is 4.31. The molecule has 1 N–H and O–H groups in total. The molecule has 122 valence electrons. The molecular formula is C18H23N3OS. The van der Waals surface area contributed by atoms with Gasteiger partial charge in [-0.15, -0.1) is 11.3 Å². The predicted molar refractivity (Wildman–Crippen MR) is 91.8 cm³/mol. The summed E-state index contributed by atoms with van der Waals surface area (Å²) < 4.78 is 5.78. The Hall–Kier alpha value is -1.46. The van der Waals surface area contributed by atoms with E-state index in [9.17, 15) is 0 Å². The van der Waals surface area contributed by atoms with E-state index in [1.807, 2.05) is 17.5 Å². The van der Waals surface area contributed by atoms with Crippen molar-refractivity contribution in [2.45, 2.75) is 51.6 Å². The Balaban J connectivity index is 1.38. The number of aryl methyl sites for hydroxylation is 2. The summed E-state index contributed by atoms with van der Waals surface area (Å²) >= 11 is 1.84. The molecule has 4 rings (SSSR count). The molecule has 0 aromatic carbocycles. The maximum atomic E-state index is 5.78. The van der Waals surface area contributed by atoms with E-state index < -0.39 is 0 Å². The number of hydrogen-bond acceptors (Lipinski definition) is 5. The number of aromatic nitrogens is 2. The first kappa shape index (κ1) is 15.1. The number of fused-ring (bicyclic) bond motifs is 1. The van der Waals surface area contributed by atoms with Gasteiger partial charge in [-0.1, -0.05) is 0 Å². The molecule has 0 saturated heterocycles. The normalized spacial score (nSPS) is 20.3. The average molecular weight is 329 g/mol. The lowest BCUT2D eigenvalue weighted by Gasteiger charge is -2.22. The molecule has 2 aromatic rings. The molecule has 1 atom stereocenters. The molecule has 1 saturated carbocycles. The Morgan fingerprint density at radius 1 is 1.35 bits per heavy atom. The number of rotatable bonds is 6. The molecule has 5 heteroatoms. The highest BCUT2D eigenvalue weighted by molar-refractivity contribution is 7.11. The molecule has 4 nitrogen and oxygen atoms in total. The summed E-state index contributed by atoms with van der Waals surface area (Å²) in [4.78, 5) is 10.4. The van der Waals surface area contributed by atoms with E-state index in [4.69, 9.17) is 4.74 Å². The fraction of sp³-hybridized carbons (Fsp3) is 0.556. The smallest absolute Gasteiger partial charge is 0.213 e. The summed E-state index contributed by atoms with van der Waals surface area (Å²) in [6.45, 7) is 3.77. The predicted octanol–water partition coefficient (Wildman–Crippen LogP) is 3.80. The molecular weight excluding hydrogens is 306 g/mol. The number of thiazole rings is 1. The van der Waals surface area contributed by atoms with E-state index >= 15 is 0 Å². The lowest BCUT2D eigenvalue weighted by Crippen LogP contribution is -2.23. The van der Waals surface area contributed by atoms with E-state index in [0.717, 1.165) is 31.4 Å². The number of pyridine rings is 1. The third-order valence-electron chi connectivity index (χ3n) is 4.57. The van der Waals surface area contributed by atoms with Crippen molar-refractivity contribution >= 4 is 11.3 Å². The van der Waals surface area contributed by atoms with E-state index in [1.165, 1.54) is 46.8 Å². The van der Waals surface area contributed by atoms with Gasteiger partial charge < -0.3 is 10.1 Å². The molecule has 0 bridgehead atoms. The zero-order valence-electron chi connectivity index (χ0n) is 13.5. The lowest BCUT2D eigenvalue weighted by molar-refractivity contribution is 0.288. The standard InChI is InChI=1S/C18H23N3OS/c1-12-21-16-4-2-3-15(18(16)23-12)20-10-14-7-8-19-17(9-14)22-11-13-5-6-13/h7-9,13,15,20H,2-6,10-11H2,1H3. The van der Waals surface area contributed by atoms with Crippen LogP contribution >= 0.6 is 11.3 Å². The van der Waals surface area contributed by atoms with Gasteiger partial charge in [0, 0.05) is 29.7 Å². The highest BCUT2D eigenvalue weighted by Gasteiger charge is 2.24. The molecule has 23 heavy (non-hydrogen) atoms. The summed E-state index contributed by atoms with van der Waals surface area (Å²) in [5, 5.41) is 4.88. The van der Waals surface area contributed by atoms with Crippen LogP contribution in [0.3, 0.4) is 0 Å². The second-order valence-electron chi connectivity index (χ2n) is 6.63. The van der Waals surface area contributed by atoms with Crippen LogP contribution < -0.4 is 10.1 Å². The van der Waals surface area contributed by atoms with Gasteiger partial charge in [-0.05, 0) is 56.6 Å². The Morgan fingerprint density at radius 2 is 2.26 bits per heavy atom. The van der Waals surface area contributed by atoms with Crippen molar-refractivity contribution < 1.29 is 4.74 Å². The van der Waals surface area contributed by atoms with Crippen molar-refractivity contribution in [3.8, 4) is 5.88 Å². The molecule has 2 aromatic heterocycles. The minimum atomic E-state index is 0.439. The van der Waals surface area contributed by atoms with Crippen LogP contribution in [0, 0.1) is 12.8 Å². The van der Waals surface area contributed by atoms with Crippen LogP contribution in [0.15, 0.2) is 18.3 Å². The third kappa shape index (κ3) is 3.72. The average Bonchev–Trinajstić information content (AvgIpc) is 3.31. The van der Waals surface area contributed by atoms with Gasteiger partial charge >= 0.3 is 0 Å². The summed E-state index contributed by atoms with van der Waals surface area (Å²) in [6.07, 6.45) is 8.01.